The van der Waals surface area contributed by atoms with Gasteiger partial charge in [0.1, 0.15) is 5.82 Å². The molecule has 1 aromatic heterocycles. The molecule has 0 aliphatic carbocycles. The van der Waals surface area contributed by atoms with E-state index in [1.165, 1.54) is 36.2 Å². The second-order valence-corrected chi connectivity index (χ2v) is 6.79. The van der Waals surface area contributed by atoms with E-state index in [0.717, 1.165) is 9.25 Å². The molecule has 9 heteroatoms. The number of hydrogen-bond donors (Lipinski definition) is 0. The van der Waals surface area contributed by atoms with E-state index in [1.54, 1.807) is 31.2 Å². The Labute approximate surface area is 170 Å². The number of carbonyl (C=O) groups excluding carboxylic acids is 1. The first-order valence-electron chi connectivity index (χ1n) is 8.82. The monoisotopic (exact) mass is 416 g/mol. The average molecular weight is 417 g/mol. The largest absolute Gasteiger partial charge is 0.352 e. The molecule has 0 N–H and O–H groups in total. The topological polar surface area (TPSA) is 77.2 Å². The highest BCUT2D eigenvalue weighted by atomic mass is 35.5. The van der Waals surface area contributed by atoms with Gasteiger partial charge in [-0.2, -0.15) is 9.78 Å². The van der Waals surface area contributed by atoms with Crippen molar-refractivity contribution in [2.75, 3.05) is 13.6 Å². The second-order valence-electron chi connectivity index (χ2n) is 6.36. The quantitative estimate of drug-likeness (QED) is 0.639. The van der Waals surface area contributed by atoms with Crippen molar-refractivity contribution in [2.45, 2.75) is 13.5 Å². The molecule has 7 nitrogen and oxygen atoms in total. The van der Waals surface area contributed by atoms with Crippen molar-refractivity contribution >= 4 is 17.5 Å². The van der Waals surface area contributed by atoms with Gasteiger partial charge in [-0.1, -0.05) is 23.7 Å². The van der Waals surface area contributed by atoms with Gasteiger partial charge in [-0.15, -0.1) is 0 Å². The van der Waals surface area contributed by atoms with Crippen LogP contribution in [0, 0.1) is 5.82 Å². The number of halogens is 2. The molecule has 0 radical (unpaired) electrons. The average Bonchev–Trinajstić information content (AvgIpc) is 2.72. The Balaban J connectivity index is 2.22. The first-order valence-corrected chi connectivity index (χ1v) is 9.19. The zero-order chi connectivity index (χ0) is 21.1. The Morgan fingerprint density at radius 3 is 2.31 bits per heavy atom. The van der Waals surface area contributed by atoms with Crippen molar-refractivity contribution in [3.8, 4) is 5.69 Å². The van der Waals surface area contributed by atoms with E-state index in [0.29, 0.717) is 22.8 Å². The molecule has 150 valence electrons. The molecule has 2 aromatic carbocycles. The van der Waals surface area contributed by atoms with Crippen molar-refractivity contribution in [2.24, 2.45) is 0 Å². The molecule has 0 aliphatic heterocycles. The lowest BCUT2D eigenvalue weighted by molar-refractivity contribution is 0.0791. The molecule has 0 spiro atoms. The van der Waals surface area contributed by atoms with Crippen molar-refractivity contribution < 1.29 is 9.18 Å². The number of aromatic nitrogens is 3. The van der Waals surface area contributed by atoms with Crippen LogP contribution < -0.4 is 11.2 Å². The molecular formula is C20H18ClFN4O3. The lowest BCUT2D eigenvalue weighted by Gasteiger charge is -2.16. The molecule has 3 aromatic rings. The SMILES string of the molecule is CCN(C)C(=O)c1nn(-c2ccc(Cl)cc2)c(=O)n(Cc2ccc(F)cc2)c1=O. The van der Waals surface area contributed by atoms with Crippen LogP contribution in [-0.2, 0) is 6.54 Å². The third kappa shape index (κ3) is 4.27. The Hall–Kier alpha value is -3.26. The fourth-order valence-corrected chi connectivity index (χ4v) is 2.76. The summed E-state index contributed by atoms with van der Waals surface area (Å²) in [4.78, 5) is 39.9. The summed E-state index contributed by atoms with van der Waals surface area (Å²) < 4.78 is 15.1. The summed E-state index contributed by atoms with van der Waals surface area (Å²) in [5.41, 5.74) is -1.04. The summed E-state index contributed by atoms with van der Waals surface area (Å²) in [7, 11) is 1.53. The van der Waals surface area contributed by atoms with E-state index in [-0.39, 0.29) is 12.2 Å². The first kappa shape index (κ1) is 20.5. The van der Waals surface area contributed by atoms with Crippen LogP contribution in [-0.4, -0.2) is 38.7 Å². The zero-order valence-corrected chi connectivity index (χ0v) is 16.6. The van der Waals surface area contributed by atoms with Crippen LogP contribution in [0.2, 0.25) is 5.02 Å². The van der Waals surface area contributed by atoms with Crippen LogP contribution >= 0.6 is 11.6 Å². The zero-order valence-electron chi connectivity index (χ0n) is 15.8. The Morgan fingerprint density at radius 1 is 1.10 bits per heavy atom. The molecule has 1 amide bonds. The summed E-state index contributed by atoms with van der Waals surface area (Å²) in [5, 5.41) is 4.50. The second kappa shape index (κ2) is 8.40. The van der Waals surface area contributed by atoms with Crippen molar-refractivity contribution in [3.63, 3.8) is 0 Å². The van der Waals surface area contributed by atoms with Gasteiger partial charge in [-0.3, -0.25) is 14.2 Å². The summed E-state index contributed by atoms with van der Waals surface area (Å²) in [6.07, 6.45) is 0. The Bertz CT molecular complexity index is 1150. The van der Waals surface area contributed by atoms with E-state index in [4.69, 9.17) is 11.6 Å². The van der Waals surface area contributed by atoms with E-state index < -0.39 is 23.0 Å². The van der Waals surface area contributed by atoms with Crippen molar-refractivity contribution in [1.82, 2.24) is 19.2 Å². The van der Waals surface area contributed by atoms with Gasteiger partial charge in [0.2, 0.25) is 5.69 Å². The van der Waals surface area contributed by atoms with Gasteiger partial charge >= 0.3 is 5.69 Å². The molecule has 0 atom stereocenters. The van der Waals surface area contributed by atoms with Gasteiger partial charge in [0.05, 0.1) is 12.2 Å². The molecule has 0 aliphatic rings. The lowest BCUT2D eigenvalue weighted by atomic mass is 10.2. The number of nitrogens with zero attached hydrogens (tertiary/aromatic N) is 4. The highest BCUT2D eigenvalue weighted by molar-refractivity contribution is 6.30. The lowest BCUT2D eigenvalue weighted by Crippen LogP contribution is -2.46. The maximum absolute atomic E-state index is 13.2. The molecule has 0 unspecified atom stereocenters. The number of hydrogen-bond acceptors (Lipinski definition) is 4. The van der Waals surface area contributed by atoms with Gasteiger partial charge in [0.25, 0.3) is 11.5 Å². The fraction of sp³-hybridized carbons (Fsp3) is 0.200. The minimum absolute atomic E-state index is 0.135. The van der Waals surface area contributed by atoms with Crippen LogP contribution in [0.3, 0.4) is 0 Å². The number of amides is 1. The third-order valence-corrected chi connectivity index (χ3v) is 4.66. The highest BCUT2D eigenvalue weighted by Crippen LogP contribution is 2.11. The van der Waals surface area contributed by atoms with Gasteiger partial charge in [0.15, 0.2) is 0 Å². The van der Waals surface area contributed by atoms with E-state index in [2.05, 4.69) is 5.10 Å². The maximum Gasteiger partial charge on any atom is 0.352 e. The van der Waals surface area contributed by atoms with Crippen LogP contribution in [0.15, 0.2) is 58.1 Å². The van der Waals surface area contributed by atoms with E-state index in [9.17, 15) is 18.8 Å². The van der Waals surface area contributed by atoms with Crippen molar-refractivity contribution in [1.29, 1.82) is 0 Å². The molecular weight excluding hydrogens is 399 g/mol. The van der Waals surface area contributed by atoms with E-state index >= 15 is 0 Å². The maximum atomic E-state index is 13.2. The molecule has 3 rings (SSSR count). The summed E-state index contributed by atoms with van der Waals surface area (Å²) >= 11 is 5.90. The van der Waals surface area contributed by atoms with Gasteiger partial charge in [0, 0.05) is 18.6 Å². The van der Waals surface area contributed by atoms with E-state index in [1.807, 2.05) is 0 Å². The van der Waals surface area contributed by atoms with Gasteiger partial charge in [-0.25, -0.2) is 9.18 Å². The third-order valence-electron chi connectivity index (χ3n) is 4.41. The van der Waals surface area contributed by atoms with Crippen LogP contribution in [0.5, 0.6) is 0 Å². The fourth-order valence-electron chi connectivity index (χ4n) is 2.64. The summed E-state index contributed by atoms with van der Waals surface area (Å²) in [6.45, 7) is 1.98. The van der Waals surface area contributed by atoms with Crippen molar-refractivity contribution in [3.05, 3.63) is 91.5 Å². The molecule has 29 heavy (non-hydrogen) atoms. The normalized spacial score (nSPS) is 10.8. The molecule has 0 bridgehead atoms. The summed E-state index contributed by atoms with van der Waals surface area (Å²) in [6, 6.07) is 11.6. The standard InChI is InChI=1S/C20H18ClFN4O3/c1-3-24(2)18(27)17-19(28)25(12-13-4-8-15(22)9-5-13)20(29)26(23-17)16-10-6-14(21)7-11-16/h4-11H,3,12H2,1-2H3. The highest BCUT2D eigenvalue weighted by Gasteiger charge is 2.22. The molecule has 0 fully saturated rings. The number of benzene rings is 2. The predicted octanol–water partition coefficient (Wildman–Crippen LogP) is 2.33. The predicted molar refractivity (Wildman–Crippen MR) is 107 cm³/mol. The van der Waals surface area contributed by atoms with Gasteiger partial charge in [-0.05, 0) is 48.9 Å². The van der Waals surface area contributed by atoms with Crippen LogP contribution in [0.4, 0.5) is 4.39 Å². The summed E-state index contributed by atoms with van der Waals surface area (Å²) in [5.74, 6) is -1.04. The number of carbonyl (C=O) groups is 1. The Kier molecular flexibility index (Phi) is 5.93. The van der Waals surface area contributed by atoms with Crippen LogP contribution in [0.25, 0.3) is 5.69 Å². The molecule has 1 heterocycles. The molecule has 0 saturated heterocycles. The molecule has 0 saturated carbocycles. The minimum Gasteiger partial charge on any atom is -0.340 e. The minimum atomic E-state index is -0.810. The number of rotatable bonds is 5. The van der Waals surface area contributed by atoms with Gasteiger partial charge < -0.3 is 4.90 Å². The first-order chi connectivity index (χ1) is 13.8. The smallest absolute Gasteiger partial charge is 0.340 e. The van der Waals surface area contributed by atoms with Crippen LogP contribution in [0.1, 0.15) is 23.0 Å². The Morgan fingerprint density at radius 2 is 1.72 bits per heavy atom.